The summed E-state index contributed by atoms with van der Waals surface area (Å²) in [6.45, 7) is 0.718. The van der Waals surface area contributed by atoms with Gasteiger partial charge in [0.1, 0.15) is 4.47 Å². The molecule has 1 spiro atoms. The maximum Gasteiger partial charge on any atom is 0.404 e. The molecule has 1 saturated heterocycles. The molecule has 0 radical (unpaired) electrons. The summed E-state index contributed by atoms with van der Waals surface area (Å²) in [5, 5.41) is 14.9. The predicted octanol–water partition coefficient (Wildman–Crippen LogP) is 3.22. The first-order valence-electron chi connectivity index (χ1n) is 6.63. The molecular formula is C12H16BrN3O3. The van der Waals surface area contributed by atoms with E-state index in [2.05, 4.69) is 21.0 Å². The zero-order valence-electron chi connectivity index (χ0n) is 10.5. The quantitative estimate of drug-likeness (QED) is 0.617. The van der Waals surface area contributed by atoms with E-state index < -0.39 is 4.92 Å². The van der Waals surface area contributed by atoms with Gasteiger partial charge in [-0.3, -0.25) is 0 Å². The predicted molar refractivity (Wildman–Crippen MR) is 72.0 cm³/mol. The van der Waals surface area contributed by atoms with Crippen molar-refractivity contribution in [2.24, 2.45) is 0 Å². The minimum absolute atomic E-state index is 0.00385. The van der Waals surface area contributed by atoms with Crippen molar-refractivity contribution in [2.75, 3.05) is 6.61 Å². The molecule has 0 amide bonds. The number of nitrogens with zero attached hydrogens (tertiary/aromatic N) is 3. The van der Waals surface area contributed by atoms with Crippen molar-refractivity contribution in [3.63, 3.8) is 0 Å². The first kappa shape index (κ1) is 13.1. The molecule has 1 aliphatic carbocycles. The van der Waals surface area contributed by atoms with E-state index in [0.717, 1.165) is 32.3 Å². The van der Waals surface area contributed by atoms with Crippen molar-refractivity contribution in [3.8, 4) is 0 Å². The number of ether oxygens (including phenoxy) is 1. The van der Waals surface area contributed by atoms with Gasteiger partial charge in [-0.25, -0.2) is 0 Å². The minimum atomic E-state index is -0.453. The molecule has 1 aromatic rings. The normalized spacial score (nSPS) is 25.8. The topological polar surface area (TPSA) is 70.2 Å². The van der Waals surface area contributed by atoms with Crippen LogP contribution in [0.2, 0.25) is 0 Å². The Balaban J connectivity index is 1.82. The van der Waals surface area contributed by atoms with Crippen molar-refractivity contribution in [2.45, 2.75) is 50.2 Å². The van der Waals surface area contributed by atoms with Gasteiger partial charge in [-0.1, -0.05) is 12.8 Å². The Bertz CT molecular complexity index is 496. The second-order valence-corrected chi connectivity index (χ2v) is 6.28. The van der Waals surface area contributed by atoms with Crippen LogP contribution in [0.5, 0.6) is 0 Å². The van der Waals surface area contributed by atoms with E-state index in [0.29, 0.717) is 4.47 Å². The summed E-state index contributed by atoms with van der Waals surface area (Å²) in [5.74, 6) is -0.105. The maximum absolute atomic E-state index is 10.8. The fourth-order valence-electron chi connectivity index (χ4n) is 3.27. The van der Waals surface area contributed by atoms with E-state index in [1.807, 2.05) is 0 Å². The fraction of sp³-hybridized carbons (Fsp3) is 0.750. The first-order chi connectivity index (χ1) is 9.10. The Kier molecular flexibility index (Phi) is 3.34. The van der Waals surface area contributed by atoms with E-state index >= 15 is 0 Å². The SMILES string of the molecule is O=[N+]([O-])c1nn(C2CCOC3(CCCC3)C2)cc1Br. The molecular weight excluding hydrogens is 314 g/mol. The van der Waals surface area contributed by atoms with Gasteiger partial charge < -0.3 is 14.9 Å². The van der Waals surface area contributed by atoms with Gasteiger partial charge in [-0.15, -0.1) is 0 Å². The molecule has 1 atom stereocenters. The summed E-state index contributed by atoms with van der Waals surface area (Å²) in [6.07, 6.45) is 8.15. The summed E-state index contributed by atoms with van der Waals surface area (Å²) >= 11 is 3.20. The van der Waals surface area contributed by atoms with Crippen molar-refractivity contribution < 1.29 is 9.66 Å². The Morgan fingerprint density at radius 1 is 1.53 bits per heavy atom. The molecule has 7 heteroatoms. The summed E-state index contributed by atoms with van der Waals surface area (Å²) < 4.78 is 8.17. The number of hydrogen-bond acceptors (Lipinski definition) is 4. The highest BCUT2D eigenvalue weighted by atomic mass is 79.9. The number of aromatic nitrogens is 2. The van der Waals surface area contributed by atoms with Crippen LogP contribution in [0.25, 0.3) is 0 Å². The van der Waals surface area contributed by atoms with Gasteiger partial charge in [-0.2, -0.15) is 4.68 Å². The molecule has 1 saturated carbocycles. The van der Waals surface area contributed by atoms with Crippen molar-refractivity contribution in [3.05, 3.63) is 20.8 Å². The second kappa shape index (κ2) is 4.86. The van der Waals surface area contributed by atoms with Gasteiger partial charge >= 0.3 is 5.82 Å². The van der Waals surface area contributed by atoms with E-state index in [1.54, 1.807) is 10.9 Å². The Morgan fingerprint density at radius 3 is 2.89 bits per heavy atom. The molecule has 2 heterocycles. The van der Waals surface area contributed by atoms with Gasteiger partial charge in [-0.05, 0) is 40.1 Å². The smallest absolute Gasteiger partial charge is 0.375 e. The Morgan fingerprint density at radius 2 is 2.26 bits per heavy atom. The van der Waals surface area contributed by atoms with Crippen LogP contribution in [-0.2, 0) is 4.74 Å². The van der Waals surface area contributed by atoms with Crippen molar-refractivity contribution in [1.82, 2.24) is 9.78 Å². The first-order valence-corrected chi connectivity index (χ1v) is 7.42. The third-order valence-corrected chi connectivity index (χ3v) is 4.76. The van der Waals surface area contributed by atoms with Gasteiger partial charge in [0, 0.05) is 13.0 Å². The third kappa shape index (κ3) is 2.41. The van der Waals surface area contributed by atoms with Crippen LogP contribution in [0.1, 0.15) is 44.6 Å². The summed E-state index contributed by atoms with van der Waals surface area (Å²) in [7, 11) is 0. The number of halogens is 1. The summed E-state index contributed by atoms with van der Waals surface area (Å²) in [5.41, 5.74) is -0.00385. The average Bonchev–Trinajstić information content (AvgIpc) is 2.97. The molecule has 2 aliphatic rings. The molecule has 19 heavy (non-hydrogen) atoms. The molecule has 2 fully saturated rings. The molecule has 1 unspecified atom stereocenters. The largest absolute Gasteiger partial charge is 0.404 e. The van der Waals surface area contributed by atoms with Crippen LogP contribution in [0.15, 0.2) is 10.7 Å². The lowest BCUT2D eigenvalue weighted by molar-refractivity contribution is -0.390. The lowest BCUT2D eigenvalue weighted by atomic mass is 9.89. The standard InChI is InChI=1S/C12H16BrN3O3/c13-10-8-15(14-11(10)16(17)18)9-3-6-19-12(7-9)4-1-2-5-12/h8-9H,1-7H2. The number of hydrogen-bond donors (Lipinski definition) is 0. The second-order valence-electron chi connectivity index (χ2n) is 5.42. The van der Waals surface area contributed by atoms with Crippen LogP contribution >= 0.6 is 15.9 Å². The van der Waals surface area contributed by atoms with Crippen LogP contribution in [-0.4, -0.2) is 26.9 Å². The van der Waals surface area contributed by atoms with Crippen LogP contribution in [0, 0.1) is 10.1 Å². The molecule has 1 aromatic heterocycles. The average molecular weight is 330 g/mol. The summed E-state index contributed by atoms with van der Waals surface area (Å²) in [4.78, 5) is 10.4. The fourth-order valence-corrected chi connectivity index (χ4v) is 3.70. The Labute approximate surface area is 119 Å². The molecule has 0 N–H and O–H groups in total. The summed E-state index contributed by atoms with van der Waals surface area (Å²) in [6, 6.07) is 0.205. The number of rotatable bonds is 2. The Hall–Kier alpha value is -0.950. The third-order valence-electron chi connectivity index (χ3n) is 4.20. The van der Waals surface area contributed by atoms with Crippen LogP contribution in [0.4, 0.5) is 5.82 Å². The monoisotopic (exact) mass is 329 g/mol. The minimum Gasteiger partial charge on any atom is -0.375 e. The van der Waals surface area contributed by atoms with Crippen LogP contribution in [0.3, 0.4) is 0 Å². The van der Waals surface area contributed by atoms with Crippen molar-refractivity contribution in [1.29, 1.82) is 0 Å². The molecule has 3 rings (SSSR count). The van der Waals surface area contributed by atoms with Crippen molar-refractivity contribution >= 4 is 21.7 Å². The lowest BCUT2D eigenvalue weighted by Crippen LogP contribution is -2.38. The molecule has 1 aliphatic heterocycles. The highest BCUT2D eigenvalue weighted by Gasteiger charge is 2.41. The lowest BCUT2D eigenvalue weighted by Gasteiger charge is -2.37. The van der Waals surface area contributed by atoms with E-state index in [1.165, 1.54) is 12.8 Å². The molecule has 0 aromatic carbocycles. The van der Waals surface area contributed by atoms with Gasteiger partial charge in [0.15, 0.2) is 0 Å². The van der Waals surface area contributed by atoms with Gasteiger partial charge in [0.25, 0.3) is 0 Å². The van der Waals surface area contributed by atoms with E-state index in [4.69, 9.17) is 4.74 Å². The molecule has 104 valence electrons. The molecule has 0 bridgehead atoms. The van der Waals surface area contributed by atoms with Gasteiger partial charge in [0.05, 0.1) is 22.9 Å². The van der Waals surface area contributed by atoms with Crippen LogP contribution < -0.4 is 0 Å². The van der Waals surface area contributed by atoms with Gasteiger partial charge in [0.2, 0.25) is 0 Å². The zero-order chi connectivity index (χ0) is 13.5. The van der Waals surface area contributed by atoms with E-state index in [9.17, 15) is 10.1 Å². The highest BCUT2D eigenvalue weighted by molar-refractivity contribution is 9.10. The molecule has 6 nitrogen and oxygen atoms in total. The highest BCUT2D eigenvalue weighted by Crippen LogP contribution is 2.43. The van der Waals surface area contributed by atoms with E-state index in [-0.39, 0.29) is 17.5 Å². The maximum atomic E-state index is 10.8. The zero-order valence-corrected chi connectivity index (χ0v) is 12.1. The number of nitro groups is 1.